The zero-order chi connectivity index (χ0) is 28.4. The Balaban J connectivity index is 1.37. The normalized spacial score (nSPS) is 13.4. The molecule has 5 rings (SSSR count). The SMILES string of the molecule is O=C(CN(C(=O)c1cccc(C(F)(F)F)c1)C1CC1)N(CCc1c[nH]c2ccccc12)Cc1ccc(Cl)c(Cl)c1. The van der Waals surface area contributed by atoms with E-state index in [9.17, 15) is 22.8 Å². The zero-order valence-corrected chi connectivity index (χ0v) is 22.9. The highest BCUT2D eigenvalue weighted by atomic mass is 35.5. The van der Waals surface area contributed by atoms with Crippen LogP contribution >= 0.6 is 23.2 Å². The van der Waals surface area contributed by atoms with E-state index >= 15 is 0 Å². The molecule has 0 radical (unpaired) electrons. The summed E-state index contributed by atoms with van der Waals surface area (Å²) in [4.78, 5) is 33.3. The van der Waals surface area contributed by atoms with Gasteiger partial charge in [0.15, 0.2) is 0 Å². The Kier molecular flexibility index (Phi) is 8.10. The van der Waals surface area contributed by atoms with E-state index < -0.39 is 17.6 Å². The molecule has 1 N–H and O–H groups in total. The first-order valence-electron chi connectivity index (χ1n) is 12.8. The number of hydrogen-bond donors (Lipinski definition) is 1. The summed E-state index contributed by atoms with van der Waals surface area (Å²) in [5.74, 6) is -0.897. The second-order valence-electron chi connectivity index (χ2n) is 9.92. The molecule has 4 aromatic rings. The predicted octanol–water partition coefficient (Wildman–Crippen LogP) is 7.37. The van der Waals surface area contributed by atoms with E-state index in [-0.39, 0.29) is 30.6 Å². The van der Waals surface area contributed by atoms with Crippen LogP contribution in [0.2, 0.25) is 10.0 Å². The lowest BCUT2D eigenvalue weighted by molar-refractivity contribution is -0.137. The van der Waals surface area contributed by atoms with Crippen LogP contribution in [0.3, 0.4) is 0 Å². The summed E-state index contributed by atoms with van der Waals surface area (Å²) < 4.78 is 39.8. The smallest absolute Gasteiger partial charge is 0.361 e. The molecule has 1 aliphatic rings. The van der Waals surface area contributed by atoms with Gasteiger partial charge in [-0.2, -0.15) is 13.2 Å². The van der Waals surface area contributed by atoms with E-state index in [1.807, 2.05) is 30.5 Å². The highest BCUT2D eigenvalue weighted by Crippen LogP contribution is 2.32. The summed E-state index contributed by atoms with van der Waals surface area (Å²) in [5, 5.41) is 1.82. The quantitative estimate of drug-likeness (QED) is 0.222. The van der Waals surface area contributed by atoms with E-state index in [1.54, 1.807) is 23.1 Å². The average Bonchev–Trinajstić information content (AvgIpc) is 3.70. The Bertz CT molecular complexity index is 1550. The minimum Gasteiger partial charge on any atom is -0.361 e. The molecule has 10 heteroatoms. The number of H-pyrrole nitrogens is 1. The Morgan fingerprint density at radius 3 is 2.45 bits per heavy atom. The van der Waals surface area contributed by atoms with Crippen LogP contribution in [0.5, 0.6) is 0 Å². The van der Waals surface area contributed by atoms with Crippen LogP contribution in [-0.4, -0.2) is 45.7 Å². The first-order chi connectivity index (χ1) is 19.1. The molecule has 5 nitrogen and oxygen atoms in total. The van der Waals surface area contributed by atoms with E-state index in [1.165, 1.54) is 17.0 Å². The van der Waals surface area contributed by atoms with Gasteiger partial charge in [-0.3, -0.25) is 9.59 Å². The first-order valence-corrected chi connectivity index (χ1v) is 13.6. The number of nitrogens with one attached hydrogen (secondary N) is 1. The third kappa shape index (κ3) is 6.45. The summed E-state index contributed by atoms with van der Waals surface area (Å²) >= 11 is 12.3. The summed E-state index contributed by atoms with van der Waals surface area (Å²) in [7, 11) is 0. The Morgan fingerprint density at radius 2 is 1.73 bits per heavy atom. The molecule has 0 unspecified atom stereocenters. The van der Waals surface area contributed by atoms with Crippen molar-refractivity contribution in [2.24, 2.45) is 0 Å². The van der Waals surface area contributed by atoms with Gasteiger partial charge in [-0.25, -0.2) is 0 Å². The van der Waals surface area contributed by atoms with Crippen molar-refractivity contribution in [1.29, 1.82) is 0 Å². The van der Waals surface area contributed by atoms with Gasteiger partial charge in [-0.05, 0) is 66.8 Å². The first kappa shape index (κ1) is 28.1. The van der Waals surface area contributed by atoms with Crippen LogP contribution in [0.25, 0.3) is 10.9 Å². The summed E-state index contributed by atoms with van der Waals surface area (Å²) in [5.41, 5.74) is 1.81. The number of carbonyl (C=O) groups is 2. The fourth-order valence-electron chi connectivity index (χ4n) is 4.74. The third-order valence-corrected chi connectivity index (χ3v) is 7.77. The van der Waals surface area contributed by atoms with Gasteiger partial charge in [0.1, 0.15) is 6.54 Å². The number of alkyl halides is 3. The molecular formula is C30H26Cl2F3N3O2. The lowest BCUT2D eigenvalue weighted by atomic mass is 10.1. The van der Waals surface area contributed by atoms with Gasteiger partial charge in [-0.1, -0.05) is 53.5 Å². The summed E-state index contributed by atoms with van der Waals surface area (Å²) in [6, 6.07) is 17.2. The van der Waals surface area contributed by atoms with Crippen LogP contribution < -0.4 is 0 Å². The van der Waals surface area contributed by atoms with Gasteiger partial charge in [0.05, 0.1) is 15.6 Å². The van der Waals surface area contributed by atoms with Gasteiger partial charge in [0.2, 0.25) is 5.91 Å². The number of nitrogens with zero attached hydrogens (tertiary/aromatic N) is 2. The van der Waals surface area contributed by atoms with Crippen LogP contribution in [0.4, 0.5) is 13.2 Å². The fourth-order valence-corrected chi connectivity index (χ4v) is 5.06. The Labute approximate surface area is 239 Å². The van der Waals surface area contributed by atoms with Crippen molar-refractivity contribution in [2.75, 3.05) is 13.1 Å². The second-order valence-corrected chi connectivity index (χ2v) is 10.7. The molecule has 1 fully saturated rings. The number of aromatic nitrogens is 1. The molecule has 0 bridgehead atoms. The lowest BCUT2D eigenvalue weighted by Crippen LogP contribution is -2.44. The molecule has 1 heterocycles. The molecular weight excluding hydrogens is 562 g/mol. The minimum absolute atomic E-state index is 0.0932. The van der Waals surface area contributed by atoms with Gasteiger partial charge >= 0.3 is 6.18 Å². The van der Waals surface area contributed by atoms with Gasteiger partial charge in [0, 0.05) is 41.8 Å². The van der Waals surface area contributed by atoms with E-state index in [0.29, 0.717) is 35.9 Å². The number of rotatable bonds is 9. The molecule has 1 aliphatic carbocycles. The molecule has 0 saturated heterocycles. The number of fused-ring (bicyclic) bond motifs is 1. The molecule has 1 saturated carbocycles. The van der Waals surface area contributed by atoms with Crippen LogP contribution in [0.1, 0.15) is 39.9 Å². The summed E-state index contributed by atoms with van der Waals surface area (Å²) in [6.45, 7) is 0.348. The number of hydrogen-bond acceptors (Lipinski definition) is 2. The highest BCUT2D eigenvalue weighted by molar-refractivity contribution is 6.42. The Hall–Kier alpha value is -3.49. The number of amides is 2. The van der Waals surface area contributed by atoms with Crippen molar-refractivity contribution < 1.29 is 22.8 Å². The maximum absolute atomic E-state index is 13.7. The molecule has 0 atom stereocenters. The van der Waals surface area contributed by atoms with Crippen LogP contribution in [0, 0.1) is 0 Å². The number of para-hydroxylation sites is 1. The van der Waals surface area contributed by atoms with Gasteiger partial charge < -0.3 is 14.8 Å². The second kappa shape index (κ2) is 11.6. The van der Waals surface area contributed by atoms with Crippen molar-refractivity contribution >= 4 is 45.9 Å². The van der Waals surface area contributed by atoms with Crippen LogP contribution in [0.15, 0.2) is 72.9 Å². The zero-order valence-electron chi connectivity index (χ0n) is 21.3. The molecule has 0 aliphatic heterocycles. The lowest BCUT2D eigenvalue weighted by Gasteiger charge is -2.28. The van der Waals surface area contributed by atoms with Crippen molar-refractivity contribution in [2.45, 2.75) is 38.0 Å². The number of carbonyl (C=O) groups excluding carboxylic acids is 2. The molecule has 208 valence electrons. The van der Waals surface area contributed by atoms with E-state index in [2.05, 4.69) is 4.98 Å². The van der Waals surface area contributed by atoms with Crippen molar-refractivity contribution in [3.05, 3.63) is 105 Å². The van der Waals surface area contributed by atoms with Gasteiger partial charge in [0.25, 0.3) is 5.91 Å². The standard InChI is InChI=1S/C30H26Cl2F3N3O2/c31-25-11-8-19(14-26(25)32)17-37(13-12-21-16-36-27-7-2-1-6-24(21)27)28(39)18-38(23-9-10-23)29(40)20-4-3-5-22(15-20)30(33,34)35/h1-8,11,14-16,23,36H,9-10,12-13,17-18H2. The third-order valence-electron chi connectivity index (χ3n) is 7.03. The van der Waals surface area contributed by atoms with Gasteiger partial charge in [-0.15, -0.1) is 0 Å². The molecule has 2 amide bonds. The van der Waals surface area contributed by atoms with Crippen molar-refractivity contribution in [1.82, 2.24) is 14.8 Å². The topological polar surface area (TPSA) is 56.4 Å². The predicted molar refractivity (Wildman–Crippen MR) is 149 cm³/mol. The van der Waals surface area contributed by atoms with E-state index in [4.69, 9.17) is 23.2 Å². The molecule has 40 heavy (non-hydrogen) atoms. The molecule has 1 aromatic heterocycles. The maximum Gasteiger partial charge on any atom is 0.416 e. The molecule has 0 spiro atoms. The Morgan fingerprint density at radius 1 is 0.950 bits per heavy atom. The van der Waals surface area contributed by atoms with Crippen molar-refractivity contribution in [3.63, 3.8) is 0 Å². The number of benzene rings is 3. The summed E-state index contributed by atoms with van der Waals surface area (Å²) in [6.07, 6.45) is -0.710. The maximum atomic E-state index is 13.7. The molecule has 3 aromatic carbocycles. The number of aromatic amines is 1. The monoisotopic (exact) mass is 587 g/mol. The fraction of sp³-hybridized carbons (Fsp3) is 0.267. The minimum atomic E-state index is -4.57. The highest BCUT2D eigenvalue weighted by Gasteiger charge is 2.37. The van der Waals surface area contributed by atoms with Crippen molar-refractivity contribution in [3.8, 4) is 0 Å². The largest absolute Gasteiger partial charge is 0.416 e. The number of halogens is 5. The van der Waals surface area contributed by atoms with E-state index in [0.717, 1.165) is 34.2 Å². The average molecular weight is 588 g/mol. The van der Waals surface area contributed by atoms with Crippen LogP contribution in [-0.2, 0) is 23.9 Å².